The van der Waals surface area contributed by atoms with Gasteiger partial charge in [0.2, 0.25) is 17.2 Å². The number of benzene rings is 1. The number of hydrogen-bond acceptors (Lipinski definition) is 5. The molecule has 2 aliphatic rings. The van der Waals surface area contributed by atoms with Crippen LogP contribution in [0.3, 0.4) is 0 Å². The lowest BCUT2D eigenvalue weighted by Gasteiger charge is -2.42. The molecule has 12 heteroatoms. The Morgan fingerprint density at radius 3 is 2.59 bits per heavy atom. The van der Waals surface area contributed by atoms with Crippen molar-refractivity contribution >= 4 is 17.5 Å². The zero-order valence-corrected chi connectivity index (χ0v) is 20.5. The number of H-pyrrole nitrogens is 1. The predicted octanol–water partition coefficient (Wildman–Crippen LogP) is 2.75. The molecule has 1 saturated heterocycles. The van der Waals surface area contributed by atoms with Crippen LogP contribution in [0.15, 0.2) is 42.9 Å². The molecular weight excluding hydrogens is 482 g/mol. The minimum absolute atomic E-state index is 0.0512. The van der Waals surface area contributed by atoms with E-state index in [-0.39, 0.29) is 35.7 Å². The van der Waals surface area contributed by atoms with Crippen molar-refractivity contribution in [2.24, 2.45) is 0 Å². The molecule has 0 aliphatic carbocycles. The largest absolute Gasteiger partial charge is 0.328 e. The summed E-state index contributed by atoms with van der Waals surface area (Å²) in [4.78, 5) is 34.0. The standard InChI is InChI=1S/C25H24F2N8O2/c1-14(2)17-10-18(15-4-6-16(7-5-15)20(26)27)31-34-11-19-23(36)33-9-8-32(24(37)21-28-13-29-30-21)12-25(33,3)35(19)22(17)34/h4-7,10-11,13-14,20H,8-9,12H2,1-3H3/p+1. The molecule has 1 atom stereocenters. The van der Waals surface area contributed by atoms with Crippen LogP contribution in [-0.2, 0) is 5.66 Å². The molecule has 10 nitrogen and oxygen atoms in total. The van der Waals surface area contributed by atoms with Crippen molar-refractivity contribution in [2.45, 2.75) is 38.8 Å². The second-order valence-electron chi connectivity index (χ2n) is 9.91. The van der Waals surface area contributed by atoms with Gasteiger partial charge < -0.3 is 4.90 Å². The molecule has 5 heterocycles. The third-order valence-electron chi connectivity index (χ3n) is 7.28. The van der Waals surface area contributed by atoms with Crippen LogP contribution in [0.5, 0.6) is 0 Å². The van der Waals surface area contributed by atoms with Gasteiger partial charge in [0.1, 0.15) is 12.0 Å². The quantitative estimate of drug-likeness (QED) is 0.428. The van der Waals surface area contributed by atoms with Crippen LogP contribution in [-0.4, -0.2) is 66.0 Å². The summed E-state index contributed by atoms with van der Waals surface area (Å²) in [7, 11) is 0. The van der Waals surface area contributed by atoms with Crippen molar-refractivity contribution in [3.8, 4) is 11.3 Å². The Bertz CT molecular complexity index is 1530. The normalized spacial score (nSPS) is 19.3. The van der Waals surface area contributed by atoms with Gasteiger partial charge in [-0.25, -0.2) is 13.8 Å². The van der Waals surface area contributed by atoms with Crippen molar-refractivity contribution in [3.63, 3.8) is 0 Å². The summed E-state index contributed by atoms with van der Waals surface area (Å²) in [5.74, 6) is -0.183. The highest BCUT2D eigenvalue weighted by molar-refractivity contribution is 5.94. The number of fused-ring (bicyclic) bond motifs is 5. The molecule has 0 bridgehead atoms. The highest BCUT2D eigenvalue weighted by Crippen LogP contribution is 2.34. The molecule has 2 amide bonds. The number of carbonyl (C=O) groups is 2. The fraction of sp³-hybridized carbons (Fsp3) is 0.360. The van der Waals surface area contributed by atoms with E-state index >= 15 is 0 Å². The number of aromatic amines is 1. The average molecular weight is 508 g/mol. The lowest BCUT2D eigenvalue weighted by molar-refractivity contribution is -0.749. The molecule has 6 rings (SSSR count). The predicted molar refractivity (Wildman–Crippen MR) is 127 cm³/mol. The van der Waals surface area contributed by atoms with Crippen LogP contribution >= 0.6 is 0 Å². The number of carbonyl (C=O) groups excluding carboxylic acids is 2. The zero-order chi connectivity index (χ0) is 26.1. The summed E-state index contributed by atoms with van der Waals surface area (Å²) in [6.45, 7) is 7.08. The van der Waals surface area contributed by atoms with E-state index in [4.69, 9.17) is 5.10 Å². The van der Waals surface area contributed by atoms with E-state index in [0.29, 0.717) is 30.0 Å². The molecule has 0 radical (unpaired) electrons. The summed E-state index contributed by atoms with van der Waals surface area (Å²) in [5.41, 5.74) is 2.62. The van der Waals surface area contributed by atoms with E-state index in [1.54, 1.807) is 32.6 Å². The van der Waals surface area contributed by atoms with Gasteiger partial charge in [-0.15, -0.1) is 0 Å². The van der Waals surface area contributed by atoms with E-state index < -0.39 is 12.1 Å². The lowest BCUT2D eigenvalue weighted by Crippen LogP contribution is -2.69. The Kier molecular flexibility index (Phi) is 5.11. The molecule has 37 heavy (non-hydrogen) atoms. The highest BCUT2D eigenvalue weighted by atomic mass is 19.3. The molecule has 190 valence electrons. The molecule has 1 aromatic carbocycles. The third kappa shape index (κ3) is 3.42. The van der Waals surface area contributed by atoms with Gasteiger partial charge in [0.15, 0.2) is 6.20 Å². The highest BCUT2D eigenvalue weighted by Gasteiger charge is 2.57. The zero-order valence-electron chi connectivity index (χ0n) is 20.5. The first-order valence-corrected chi connectivity index (χ1v) is 12.0. The van der Waals surface area contributed by atoms with Crippen molar-refractivity contribution in [1.29, 1.82) is 0 Å². The van der Waals surface area contributed by atoms with Gasteiger partial charge >= 0.3 is 11.6 Å². The van der Waals surface area contributed by atoms with E-state index in [1.165, 1.54) is 18.5 Å². The molecular formula is C25H25F2N8O2+. The van der Waals surface area contributed by atoms with Crippen LogP contribution in [0.4, 0.5) is 8.78 Å². The van der Waals surface area contributed by atoms with E-state index in [1.807, 2.05) is 17.6 Å². The SMILES string of the molecule is CC(C)c1cc(-c2ccc(C(F)F)cc2)nn2cc3[n+](c12)C1(C)CN(C(=O)c2ncn[nH]2)CCN1C3=O. The number of rotatable bonds is 4. The Hall–Kier alpha value is -4.22. The van der Waals surface area contributed by atoms with E-state index in [9.17, 15) is 18.4 Å². The number of hydrogen-bond donors (Lipinski definition) is 1. The Labute approximate surface area is 210 Å². The maximum absolute atomic E-state index is 13.5. The molecule has 3 aromatic heterocycles. The first-order valence-electron chi connectivity index (χ1n) is 12.0. The van der Waals surface area contributed by atoms with E-state index in [0.717, 1.165) is 11.2 Å². The van der Waals surface area contributed by atoms with Gasteiger partial charge in [0.05, 0.1) is 6.54 Å². The second-order valence-corrected chi connectivity index (χ2v) is 9.91. The van der Waals surface area contributed by atoms with Crippen molar-refractivity contribution in [2.75, 3.05) is 19.6 Å². The minimum atomic E-state index is -2.54. The Balaban J connectivity index is 1.47. The minimum Gasteiger partial charge on any atom is -0.328 e. The fourth-order valence-electron chi connectivity index (χ4n) is 5.42. The molecule has 1 unspecified atom stereocenters. The maximum atomic E-state index is 13.5. The summed E-state index contributed by atoms with van der Waals surface area (Å²) >= 11 is 0. The van der Waals surface area contributed by atoms with Crippen LogP contribution < -0.4 is 4.57 Å². The summed E-state index contributed by atoms with van der Waals surface area (Å²) in [5, 5.41) is 11.2. The molecule has 0 saturated carbocycles. The molecule has 0 spiro atoms. The van der Waals surface area contributed by atoms with Gasteiger partial charge in [0.25, 0.3) is 12.3 Å². The number of halogens is 2. The first kappa shape index (κ1) is 23.2. The Morgan fingerprint density at radius 1 is 1.19 bits per heavy atom. The summed E-state index contributed by atoms with van der Waals surface area (Å²) in [6, 6.07) is 8.01. The van der Waals surface area contributed by atoms with Crippen LogP contribution in [0.2, 0.25) is 0 Å². The van der Waals surface area contributed by atoms with Crippen LogP contribution in [0.25, 0.3) is 16.9 Å². The van der Waals surface area contributed by atoms with Crippen molar-refractivity contribution < 1.29 is 22.9 Å². The number of amides is 2. The first-order chi connectivity index (χ1) is 17.7. The van der Waals surface area contributed by atoms with Gasteiger partial charge in [-0.3, -0.25) is 19.6 Å². The van der Waals surface area contributed by atoms with Crippen LogP contribution in [0, 0.1) is 0 Å². The van der Waals surface area contributed by atoms with Crippen molar-refractivity contribution in [3.05, 3.63) is 65.5 Å². The van der Waals surface area contributed by atoms with Gasteiger partial charge in [-0.2, -0.15) is 9.67 Å². The average Bonchev–Trinajstić information content (AvgIpc) is 3.59. The molecule has 2 aliphatic heterocycles. The van der Waals surface area contributed by atoms with Crippen LogP contribution in [0.1, 0.15) is 65.3 Å². The number of nitrogens with one attached hydrogen (secondary N) is 1. The van der Waals surface area contributed by atoms with Gasteiger partial charge in [-0.1, -0.05) is 47.7 Å². The molecule has 1 fully saturated rings. The number of piperazine rings is 1. The maximum Gasteiger partial charge on any atom is 0.313 e. The smallest absolute Gasteiger partial charge is 0.313 e. The monoisotopic (exact) mass is 507 g/mol. The molecule has 4 aromatic rings. The third-order valence-corrected chi connectivity index (χ3v) is 7.28. The Morgan fingerprint density at radius 2 is 1.95 bits per heavy atom. The topological polar surface area (TPSA) is 103 Å². The summed E-state index contributed by atoms with van der Waals surface area (Å²) in [6.07, 6.45) is 0.463. The van der Waals surface area contributed by atoms with Gasteiger partial charge in [0, 0.05) is 36.7 Å². The number of aromatic nitrogens is 6. The van der Waals surface area contributed by atoms with Crippen molar-refractivity contribution in [1.82, 2.24) is 34.6 Å². The number of imidazole rings is 1. The number of nitrogens with zero attached hydrogens (tertiary/aromatic N) is 7. The second kappa shape index (κ2) is 8.15. The van der Waals surface area contributed by atoms with E-state index in [2.05, 4.69) is 29.0 Å². The summed E-state index contributed by atoms with van der Waals surface area (Å²) < 4.78 is 29.8. The number of alkyl halides is 2. The van der Waals surface area contributed by atoms with Gasteiger partial charge in [-0.05, 0) is 12.0 Å². The lowest BCUT2D eigenvalue weighted by atomic mass is 10.0. The fourth-order valence-corrected chi connectivity index (χ4v) is 5.42. The molecule has 1 N–H and O–H groups in total.